The molecular weight excluding hydrogens is 246 g/mol. The second-order valence-corrected chi connectivity index (χ2v) is 5.35. The van der Waals surface area contributed by atoms with Crippen molar-refractivity contribution in [1.29, 1.82) is 0 Å². The lowest BCUT2D eigenvalue weighted by Crippen LogP contribution is -2.19. The van der Waals surface area contributed by atoms with Crippen LogP contribution in [-0.2, 0) is 12.8 Å². The largest absolute Gasteiger partial charge is 0.493 e. The standard InChI is InChI=1S/C18H21NO/c1-19-17(12-14-6-3-2-4-7-14)15-9-10-18-16(13-15)8-5-11-20-18/h2-4,6-7,9-10,13,17,19H,5,8,11-12H2,1H3. The monoisotopic (exact) mass is 267 g/mol. The molecule has 0 bridgehead atoms. The van der Waals surface area contributed by atoms with Crippen LogP contribution in [0, 0.1) is 0 Å². The second kappa shape index (κ2) is 6.10. The third-order valence-corrected chi connectivity index (χ3v) is 3.97. The van der Waals surface area contributed by atoms with Gasteiger partial charge in [0.15, 0.2) is 0 Å². The molecule has 2 aromatic rings. The van der Waals surface area contributed by atoms with Crippen LogP contribution in [0.3, 0.4) is 0 Å². The predicted octanol–water partition coefficient (Wildman–Crippen LogP) is 3.51. The lowest BCUT2D eigenvalue weighted by Gasteiger charge is -2.22. The molecule has 104 valence electrons. The van der Waals surface area contributed by atoms with Crippen LogP contribution in [0.15, 0.2) is 48.5 Å². The number of rotatable bonds is 4. The Morgan fingerprint density at radius 1 is 1.15 bits per heavy atom. The van der Waals surface area contributed by atoms with Gasteiger partial charge in [0.1, 0.15) is 5.75 Å². The summed E-state index contributed by atoms with van der Waals surface area (Å²) >= 11 is 0. The predicted molar refractivity (Wildman–Crippen MR) is 82.2 cm³/mol. The smallest absolute Gasteiger partial charge is 0.122 e. The summed E-state index contributed by atoms with van der Waals surface area (Å²) in [5.74, 6) is 1.06. The Morgan fingerprint density at radius 3 is 2.80 bits per heavy atom. The number of aryl methyl sites for hydroxylation is 1. The Kier molecular flexibility index (Phi) is 4.03. The molecule has 0 aliphatic carbocycles. The number of nitrogens with one attached hydrogen (secondary N) is 1. The van der Waals surface area contributed by atoms with E-state index in [0.717, 1.165) is 31.6 Å². The molecule has 3 rings (SSSR count). The van der Waals surface area contributed by atoms with Crippen LogP contribution in [0.4, 0.5) is 0 Å². The summed E-state index contributed by atoms with van der Waals surface area (Å²) in [6.45, 7) is 0.853. The Labute approximate surface area is 120 Å². The number of fused-ring (bicyclic) bond motifs is 1. The Morgan fingerprint density at radius 2 is 2.00 bits per heavy atom. The number of hydrogen-bond donors (Lipinski definition) is 1. The first-order chi connectivity index (χ1) is 9.86. The zero-order valence-corrected chi connectivity index (χ0v) is 11.9. The van der Waals surface area contributed by atoms with Gasteiger partial charge in [0.25, 0.3) is 0 Å². The molecule has 1 heterocycles. The highest BCUT2D eigenvalue weighted by Gasteiger charge is 2.15. The Hall–Kier alpha value is -1.80. The first-order valence-corrected chi connectivity index (χ1v) is 7.33. The molecule has 0 saturated heterocycles. The van der Waals surface area contributed by atoms with E-state index in [4.69, 9.17) is 4.74 Å². The topological polar surface area (TPSA) is 21.3 Å². The molecule has 0 fully saturated rings. The first kappa shape index (κ1) is 13.2. The number of hydrogen-bond acceptors (Lipinski definition) is 2. The van der Waals surface area contributed by atoms with Crippen molar-refractivity contribution in [3.63, 3.8) is 0 Å². The fourth-order valence-electron chi connectivity index (χ4n) is 2.83. The summed E-state index contributed by atoms with van der Waals surface area (Å²) in [7, 11) is 2.03. The van der Waals surface area contributed by atoms with Crippen molar-refractivity contribution in [1.82, 2.24) is 5.32 Å². The van der Waals surface area contributed by atoms with Gasteiger partial charge >= 0.3 is 0 Å². The molecule has 0 spiro atoms. The quantitative estimate of drug-likeness (QED) is 0.915. The van der Waals surface area contributed by atoms with Crippen LogP contribution in [0.5, 0.6) is 5.75 Å². The summed E-state index contributed by atoms with van der Waals surface area (Å²) in [6.07, 6.45) is 3.27. The fraction of sp³-hybridized carbons (Fsp3) is 0.333. The van der Waals surface area contributed by atoms with Crippen molar-refractivity contribution in [2.45, 2.75) is 25.3 Å². The highest BCUT2D eigenvalue weighted by Crippen LogP contribution is 2.28. The lowest BCUT2D eigenvalue weighted by molar-refractivity contribution is 0.288. The summed E-state index contributed by atoms with van der Waals surface area (Å²) in [4.78, 5) is 0. The maximum atomic E-state index is 5.69. The second-order valence-electron chi connectivity index (χ2n) is 5.35. The third kappa shape index (κ3) is 2.86. The van der Waals surface area contributed by atoms with Gasteiger partial charge < -0.3 is 10.1 Å². The maximum Gasteiger partial charge on any atom is 0.122 e. The molecular formula is C18H21NO. The average Bonchev–Trinajstić information content (AvgIpc) is 2.53. The number of benzene rings is 2. The van der Waals surface area contributed by atoms with Crippen LogP contribution >= 0.6 is 0 Å². The van der Waals surface area contributed by atoms with Gasteiger partial charge in [-0.25, -0.2) is 0 Å². The average molecular weight is 267 g/mol. The van der Waals surface area contributed by atoms with E-state index in [0.29, 0.717) is 6.04 Å². The molecule has 1 N–H and O–H groups in total. The minimum atomic E-state index is 0.352. The van der Waals surface area contributed by atoms with Crippen LogP contribution in [0.25, 0.3) is 0 Å². The SMILES string of the molecule is CNC(Cc1ccccc1)c1ccc2c(c1)CCCO2. The van der Waals surface area contributed by atoms with Crippen LogP contribution in [0.2, 0.25) is 0 Å². The van der Waals surface area contributed by atoms with Gasteiger partial charge in [-0.1, -0.05) is 42.5 Å². The van der Waals surface area contributed by atoms with E-state index >= 15 is 0 Å². The van der Waals surface area contributed by atoms with Crippen molar-refractivity contribution in [2.24, 2.45) is 0 Å². The normalized spacial score (nSPS) is 15.2. The van der Waals surface area contributed by atoms with Crippen molar-refractivity contribution < 1.29 is 4.74 Å². The van der Waals surface area contributed by atoms with Crippen molar-refractivity contribution in [3.05, 3.63) is 65.2 Å². The van der Waals surface area contributed by atoms with Gasteiger partial charge in [-0.15, -0.1) is 0 Å². The summed E-state index contributed by atoms with van der Waals surface area (Å²) < 4.78 is 5.69. The molecule has 0 radical (unpaired) electrons. The van der Waals surface area contributed by atoms with E-state index in [-0.39, 0.29) is 0 Å². The molecule has 2 nitrogen and oxygen atoms in total. The molecule has 1 unspecified atom stereocenters. The lowest BCUT2D eigenvalue weighted by atomic mass is 9.95. The zero-order valence-electron chi connectivity index (χ0n) is 11.9. The first-order valence-electron chi connectivity index (χ1n) is 7.33. The molecule has 1 aliphatic heterocycles. The summed E-state index contributed by atoms with van der Waals surface area (Å²) in [6, 6.07) is 17.6. The Balaban J connectivity index is 1.82. The van der Waals surface area contributed by atoms with Gasteiger partial charge in [-0.2, -0.15) is 0 Å². The van der Waals surface area contributed by atoms with Gasteiger partial charge in [-0.3, -0.25) is 0 Å². The van der Waals surface area contributed by atoms with E-state index < -0.39 is 0 Å². The molecule has 0 amide bonds. The Bertz CT molecular complexity index is 565. The molecule has 2 aromatic carbocycles. The van der Waals surface area contributed by atoms with E-state index in [9.17, 15) is 0 Å². The van der Waals surface area contributed by atoms with Gasteiger partial charge in [0.05, 0.1) is 6.61 Å². The number of likely N-dealkylation sites (N-methyl/N-ethyl adjacent to an activating group) is 1. The van der Waals surface area contributed by atoms with E-state index in [1.807, 2.05) is 7.05 Å². The molecule has 0 saturated carbocycles. The third-order valence-electron chi connectivity index (χ3n) is 3.97. The maximum absolute atomic E-state index is 5.69. The summed E-state index contributed by atoms with van der Waals surface area (Å²) in [5.41, 5.74) is 4.06. The van der Waals surface area contributed by atoms with Crippen molar-refractivity contribution in [3.8, 4) is 5.75 Å². The van der Waals surface area contributed by atoms with Crippen molar-refractivity contribution >= 4 is 0 Å². The van der Waals surface area contributed by atoms with Gasteiger partial charge in [-0.05, 0) is 49.1 Å². The van der Waals surface area contributed by atoms with Crippen LogP contribution < -0.4 is 10.1 Å². The highest BCUT2D eigenvalue weighted by molar-refractivity contribution is 5.40. The molecule has 2 heteroatoms. The van der Waals surface area contributed by atoms with E-state index in [2.05, 4.69) is 53.8 Å². The number of ether oxygens (including phenoxy) is 1. The van der Waals surface area contributed by atoms with E-state index in [1.165, 1.54) is 16.7 Å². The minimum absolute atomic E-state index is 0.352. The summed E-state index contributed by atoms with van der Waals surface area (Å²) in [5, 5.41) is 3.43. The zero-order chi connectivity index (χ0) is 13.8. The van der Waals surface area contributed by atoms with Crippen molar-refractivity contribution in [2.75, 3.05) is 13.7 Å². The van der Waals surface area contributed by atoms with E-state index in [1.54, 1.807) is 0 Å². The molecule has 0 aromatic heterocycles. The van der Waals surface area contributed by atoms with Gasteiger partial charge in [0.2, 0.25) is 0 Å². The highest BCUT2D eigenvalue weighted by atomic mass is 16.5. The fourth-order valence-corrected chi connectivity index (χ4v) is 2.83. The molecule has 20 heavy (non-hydrogen) atoms. The van der Waals surface area contributed by atoms with Crippen LogP contribution in [-0.4, -0.2) is 13.7 Å². The van der Waals surface area contributed by atoms with Crippen LogP contribution in [0.1, 0.15) is 29.2 Å². The molecule has 1 atom stereocenters. The van der Waals surface area contributed by atoms with Gasteiger partial charge in [0, 0.05) is 6.04 Å². The minimum Gasteiger partial charge on any atom is -0.493 e. The molecule has 1 aliphatic rings.